The van der Waals surface area contributed by atoms with Gasteiger partial charge in [0.15, 0.2) is 0 Å². The lowest BCUT2D eigenvalue weighted by molar-refractivity contribution is -0.140. The summed E-state index contributed by atoms with van der Waals surface area (Å²) in [7, 11) is 1.82. The Morgan fingerprint density at radius 2 is 1.95 bits per heavy atom. The predicted molar refractivity (Wildman–Crippen MR) is 76.0 cm³/mol. The quantitative estimate of drug-likeness (QED) is 0.778. The molecule has 0 aliphatic carbocycles. The number of ether oxygens (including phenoxy) is 1. The number of hydrogen-bond donors (Lipinski definition) is 0. The topological polar surface area (TPSA) is 32.8 Å². The number of hydrogen-bond acceptors (Lipinski definition) is 3. The molecule has 0 unspecified atom stereocenters. The molecule has 0 spiro atoms. The molecule has 0 bridgehead atoms. The van der Waals surface area contributed by atoms with E-state index < -0.39 is 0 Å². The smallest absolute Gasteiger partial charge is 0.222 e. The lowest BCUT2D eigenvalue weighted by Crippen LogP contribution is -2.66. The van der Waals surface area contributed by atoms with Gasteiger partial charge in [-0.3, -0.25) is 9.69 Å². The van der Waals surface area contributed by atoms with E-state index in [0.717, 1.165) is 32.5 Å². The highest BCUT2D eigenvalue weighted by Gasteiger charge is 2.45. The van der Waals surface area contributed by atoms with Crippen molar-refractivity contribution in [3.8, 4) is 0 Å². The molecule has 19 heavy (non-hydrogen) atoms. The van der Waals surface area contributed by atoms with Crippen molar-refractivity contribution in [2.75, 3.05) is 26.7 Å². The van der Waals surface area contributed by atoms with Crippen molar-refractivity contribution in [1.29, 1.82) is 0 Å². The Kier molecular flexibility index (Phi) is 4.85. The molecule has 110 valence electrons. The molecule has 1 amide bonds. The van der Waals surface area contributed by atoms with E-state index in [9.17, 15) is 4.79 Å². The fourth-order valence-electron chi connectivity index (χ4n) is 3.57. The Morgan fingerprint density at radius 3 is 2.42 bits per heavy atom. The Morgan fingerprint density at radius 1 is 1.32 bits per heavy atom. The summed E-state index contributed by atoms with van der Waals surface area (Å²) in [4.78, 5) is 16.3. The van der Waals surface area contributed by atoms with Gasteiger partial charge in [0.05, 0.1) is 6.10 Å². The molecule has 2 atom stereocenters. The fraction of sp³-hybridized carbons (Fsp3) is 0.933. The van der Waals surface area contributed by atoms with Gasteiger partial charge in [0.1, 0.15) is 0 Å². The highest BCUT2D eigenvalue weighted by molar-refractivity contribution is 5.75. The summed E-state index contributed by atoms with van der Waals surface area (Å²) in [5.74, 6) is 0.984. The second-order valence-corrected chi connectivity index (χ2v) is 6.13. The zero-order valence-electron chi connectivity index (χ0n) is 12.8. The standard InChI is InChI=1S/C15H28N2O2/c1-5-14(18)16-8-6-12(7-9-16)15-13(19-4)10-17(15)11(2)3/h11-13,15H,5-10H2,1-4H3/t13-,15-/m0/s1. The van der Waals surface area contributed by atoms with Gasteiger partial charge in [-0.05, 0) is 32.6 Å². The van der Waals surface area contributed by atoms with Crippen LogP contribution in [0.1, 0.15) is 40.0 Å². The molecule has 0 radical (unpaired) electrons. The Balaban J connectivity index is 1.90. The fourth-order valence-corrected chi connectivity index (χ4v) is 3.57. The SMILES string of the molecule is CCC(=O)N1CCC([C@H]2[C@@H](OC)CN2C(C)C)CC1. The van der Waals surface area contributed by atoms with Crippen LogP contribution < -0.4 is 0 Å². The van der Waals surface area contributed by atoms with Gasteiger partial charge < -0.3 is 9.64 Å². The van der Waals surface area contributed by atoms with Crippen LogP contribution in [0.4, 0.5) is 0 Å². The summed E-state index contributed by atoms with van der Waals surface area (Å²) in [5.41, 5.74) is 0. The Labute approximate surface area is 117 Å². The van der Waals surface area contributed by atoms with Crippen LogP contribution in [-0.2, 0) is 9.53 Å². The number of rotatable bonds is 4. The first-order chi connectivity index (χ1) is 9.08. The predicted octanol–water partition coefficient (Wildman–Crippen LogP) is 1.74. The summed E-state index contributed by atoms with van der Waals surface area (Å²) in [5, 5.41) is 0. The largest absolute Gasteiger partial charge is 0.378 e. The number of piperidine rings is 1. The van der Waals surface area contributed by atoms with Crippen LogP contribution in [0.25, 0.3) is 0 Å². The third-order valence-electron chi connectivity index (χ3n) is 4.80. The molecule has 2 fully saturated rings. The first kappa shape index (κ1) is 14.8. The van der Waals surface area contributed by atoms with Gasteiger partial charge in [-0.15, -0.1) is 0 Å². The molecule has 2 rings (SSSR count). The van der Waals surface area contributed by atoms with Crippen LogP contribution in [0.3, 0.4) is 0 Å². The van der Waals surface area contributed by atoms with Gasteiger partial charge in [-0.2, -0.15) is 0 Å². The minimum absolute atomic E-state index is 0.302. The van der Waals surface area contributed by atoms with Gasteiger partial charge in [-0.25, -0.2) is 0 Å². The summed E-state index contributed by atoms with van der Waals surface area (Å²) < 4.78 is 5.61. The lowest BCUT2D eigenvalue weighted by atomic mass is 9.79. The van der Waals surface area contributed by atoms with Crippen LogP contribution in [0, 0.1) is 5.92 Å². The van der Waals surface area contributed by atoms with E-state index >= 15 is 0 Å². The molecule has 0 saturated carbocycles. The lowest BCUT2D eigenvalue weighted by Gasteiger charge is -2.54. The molecular formula is C15H28N2O2. The molecule has 2 saturated heterocycles. The molecule has 4 nitrogen and oxygen atoms in total. The van der Waals surface area contributed by atoms with Crippen molar-refractivity contribution < 1.29 is 9.53 Å². The average molecular weight is 268 g/mol. The van der Waals surface area contributed by atoms with Crippen LogP contribution >= 0.6 is 0 Å². The van der Waals surface area contributed by atoms with Crippen molar-refractivity contribution in [1.82, 2.24) is 9.80 Å². The first-order valence-corrected chi connectivity index (χ1v) is 7.64. The third kappa shape index (κ3) is 2.95. The average Bonchev–Trinajstić information content (AvgIpc) is 2.37. The van der Waals surface area contributed by atoms with E-state index in [4.69, 9.17) is 4.74 Å². The van der Waals surface area contributed by atoms with Crippen LogP contribution in [0.5, 0.6) is 0 Å². The number of nitrogens with zero attached hydrogens (tertiary/aromatic N) is 2. The molecule has 0 N–H and O–H groups in total. The number of methoxy groups -OCH3 is 1. The molecule has 2 aliphatic rings. The van der Waals surface area contributed by atoms with Crippen molar-refractivity contribution in [3.63, 3.8) is 0 Å². The summed E-state index contributed by atoms with van der Waals surface area (Å²) >= 11 is 0. The number of amides is 1. The van der Waals surface area contributed by atoms with Gasteiger partial charge in [0, 0.05) is 45.2 Å². The second kappa shape index (κ2) is 6.23. The second-order valence-electron chi connectivity index (χ2n) is 6.13. The molecule has 0 aromatic rings. The van der Waals surface area contributed by atoms with Crippen molar-refractivity contribution in [2.45, 2.75) is 58.2 Å². The van der Waals surface area contributed by atoms with Crippen molar-refractivity contribution >= 4 is 5.91 Å². The zero-order chi connectivity index (χ0) is 14.0. The van der Waals surface area contributed by atoms with E-state index in [1.807, 2.05) is 18.9 Å². The Hall–Kier alpha value is -0.610. The summed E-state index contributed by atoms with van der Waals surface area (Å²) in [6.07, 6.45) is 3.27. The monoisotopic (exact) mass is 268 g/mol. The van der Waals surface area contributed by atoms with E-state index in [0.29, 0.717) is 36.4 Å². The van der Waals surface area contributed by atoms with Gasteiger partial charge in [0.25, 0.3) is 0 Å². The minimum atomic E-state index is 0.302. The van der Waals surface area contributed by atoms with Crippen LogP contribution in [-0.4, -0.2) is 60.6 Å². The zero-order valence-corrected chi connectivity index (χ0v) is 12.8. The van der Waals surface area contributed by atoms with Crippen LogP contribution in [0.2, 0.25) is 0 Å². The Bertz CT molecular complexity index is 311. The molecule has 2 aliphatic heterocycles. The summed E-state index contributed by atoms with van der Waals surface area (Å²) in [6, 6.07) is 1.15. The molecule has 2 heterocycles. The number of likely N-dealkylation sites (tertiary alicyclic amines) is 2. The molecule has 0 aromatic carbocycles. The number of carbonyl (C=O) groups is 1. The van der Waals surface area contributed by atoms with Gasteiger partial charge in [0.2, 0.25) is 5.91 Å². The van der Waals surface area contributed by atoms with Crippen molar-refractivity contribution in [3.05, 3.63) is 0 Å². The van der Waals surface area contributed by atoms with E-state index in [1.54, 1.807) is 0 Å². The molecule has 0 aromatic heterocycles. The maximum absolute atomic E-state index is 11.7. The van der Waals surface area contributed by atoms with Gasteiger partial charge >= 0.3 is 0 Å². The highest BCUT2D eigenvalue weighted by Crippen LogP contribution is 2.35. The molecular weight excluding hydrogens is 240 g/mol. The third-order valence-corrected chi connectivity index (χ3v) is 4.80. The van der Waals surface area contributed by atoms with Gasteiger partial charge in [-0.1, -0.05) is 6.92 Å². The van der Waals surface area contributed by atoms with Crippen molar-refractivity contribution in [2.24, 2.45) is 5.92 Å². The highest BCUT2D eigenvalue weighted by atomic mass is 16.5. The first-order valence-electron chi connectivity index (χ1n) is 7.64. The maximum atomic E-state index is 11.7. The maximum Gasteiger partial charge on any atom is 0.222 e. The van der Waals surface area contributed by atoms with Crippen LogP contribution in [0.15, 0.2) is 0 Å². The van der Waals surface area contributed by atoms with E-state index in [1.165, 1.54) is 0 Å². The summed E-state index contributed by atoms with van der Waals surface area (Å²) in [6.45, 7) is 9.38. The van der Waals surface area contributed by atoms with E-state index in [2.05, 4.69) is 18.7 Å². The van der Waals surface area contributed by atoms with E-state index in [-0.39, 0.29) is 0 Å². The molecule has 4 heteroatoms. The number of carbonyl (C=O) groups excluding carboxylic acids is 1. The minimum Gasteiger partial charge on any atom is -0.378 e. The normalized spacial score (nSPS) is 29.6.